The highest BCUT2D eigenvalue weighted by molar-refractivity contribution is 7.99. The van der Waals surface area contributed by atoms with Gasteiger partial charge in [-0.15, -0.1) is 0 Å². The molecule has 0 radical (unpaired) electrons. The molecular weight excluding hydrogens is 159 g/mol. The van der Waals surface area contributed by atoms with Crippen LogP contribution < -0.4 is 0 Å². The number of hydrogen-bond donors (Lipinski definition) is 2. The molecule has 1 aliphatic carbocycles. The summed E-state index contributed by atoms with van der Waals surface area (Å²) in [5.74, 6) is 0.137. The van der Waals surface area contributed by atoms with E-state index in [1.165, 1.54) is 0 Å². The molecule has 0 aromatic rings. The molecule has 0 atom stereocenters. The molecule has 2 nitrogen and oxygen atoms in total. The second-order valence-corrected chi connectivity index (χ2v) is 4.32. The average Bonchev–Trinajstić information content (AvgIpc) is 2.05. The van der Waals surface area contributed by atoms with Gasteiger partial charge in [0, 0.05) is 5.25 Å². The van der Waals surface area contributed by atoms with Crippen LogP contribution in [0.25, 0.3) is 0 Å². The lowest BCUT2D eigenvalue weighted by atomic mass is 9.65. The van der Waals surface area contributed by atoms with Crippen molar-refractivity contribution >= 4 is 18.9 Å². The molecule has 0 aromatic heterocycles. The smallest absolute Gasteiger partial charge is 0.427 e. The quantitative estimate of drug-likeness (QED) is 0.616. The van der Waals surface area contributed by atoms with Crippen LogP contribution in [0.2, 0.25) is 5.82 Å². The Balaban J connectivity index is 2.24. The second-order valence-electron chi connectivity index (χ2n) is 3.19. The van der Waals surface area contributed by atoms with Gasteiger partial charge >= 0.3 is 7.12 Å². The molecule has 1 fully saturated rings. The summed E-state index contributed by atoms with van der Waals surface area (Å²) in [4.78, 5) is 0. The molecule has 0 unspecified atom stereocenters. The van der Waals surface area contributed by atoms with E-state index in [1.807, 2.05) is 11.8 Å². The topological polar surface area (TPSA) is 40.5 Å². The summed E-state index contributed by atoms with van der Waals surface area (Å²) in [7, 11) is -1.09. The third kappa shape index (κ3) is 2.69. The van der Waals surface area contributed by atoms with Crippen molar-refractivity contribution in [3.63, 3.8) is 0 Å². The van der Waals surface area contributed by atoms with Gasteiger partial charge in [-0.3, -0.25) is 0 Å². The highest BCUT2D eigenvalue weighted by Crippen LogP contribution is 2.34. The first-order valence-electron chi connectivity index (χ1n) is 4.13. The molecule has 0 heterocycles. The van der Waals surface area contributed by atoms with Crippen molar-refractivity contribution in [3.05, 3.63) is 0 Å². The molecule has 2 N–H and O–H groups in total. The normalized spacial score (nSPS) is 31.9. The Morgan fingerprint density at radius 2 is 1.73 bits per heavy atom. The maximum atomic E-state index is 8.88. The Morgan fingerprint density at radius 3 is 2.09 bits per heavy atom. The molecule has 0 spiro atoms. The largest absolute Gasteiger partial charge is 0.454 e. The molecule has 11 heavy (non-hydrogen) atoms. The molecule has 4 heteroatoms. The zero-order valence-electron chi connectivity index (χ0n) is 6.86. The van der Waals surface area contributed by atoms with Crippen LogP contribution in [0.15, 0.2) is 0 Å². The summed E-state index contributed by atoms with van der Waals surface area (Å²) in [6, 6.07) is 0. The van der Waals surface area contributed by atoms with E-state index in [0.717, 1.165) is 30.9 Å². The van der Waals surface area contributed by atoms with Gasteiger partial charge in [-0.25, -0.2) is 0 Å². The molecule has 1 rings (SSSR count). The van der Waals surface area contributed by atoms with Crippen LogP contribution in [0.4, 0.5) is 0 Å². The average molecular weight is 174 g/mol. The molecule has 0 amide bonds. The van der Waals surface area contributed by atoms with Gasteiger partial charge in [-0.05, 0) is 24.9 Å². The van der Waals surface area contributed by atoms with Crippen LogP contribution in [0.1, 0.15) is 25.7 Å². The van der Waals surface area contributed by atoms with Crippen LogP contribution in [-0.2, 0) is 0 Å². The zero-order valence-corrected chi connectivity index (χ0v) is 7.68. The summed E-state index contributed by atoms with van der Waals surface area (Å²) in [5.41, 5.74) is 0. The van der Waals surface area contributed by atoms with Gasteiger partial charge in [-0.1, -0.05) is 12.8 Å². The molecule has 1 aliphatic rings. The summed E-state index contributed by atoms with van der Waals surface area (Å²) in [6.07, 6.45) is 6.36. The maximum absolute atomic E-state index is 8.88. The summed E-state index contributed by atoms with van der Waals surface area (Å²) >= 11 is 1.90. The van der Waals surface area contributed by atoms with Gasteiger partial charge < -0.3 is 10.0 Å². The van der Waals surface area contributed by atoms with E-state index in [-0.39, 0.29) is 5.82 Å². The Morgan fingerprint density at radius 1 is 1.18 bits per heavy atom. The van der Waals surface area contributed by atoms with Crippen molar-refractivity contribution in [3.8, 4) is 0 Å². The fourth-order valence-electron chi connectivity index (χ4n) is 1.62. The molecule has 64 valence electrons. The lowest BCUT2D eigenvalue weighted by Gasteiger charge is -2.26. The Kier molecular flexibility index (Phi) is 3.75. The van der Waals surface area contributed by atoms with Crippen LogP contribution in [0.3, 0.4) is 0 Å². The van der Waals surface area contributed by atoms with Gasteiger partial charge in [0.15, 0.2) is 0 Å². The van der Waals surface area contributed by atoms with Crippen molar-refractivity contribution in [2.45, 2.75) is 36.8 Å². The Labute approximate surface area is 72.5 Å². The van der Waals surface area contributed by atoms with Crippen molar-refractivity contribution in [2.24, 2.45) is 0 Å². The Bertz CT molecular complexity index is 113. The van der Waals surface area contributed by atoms with E-state index >= 15 is 0 Å². The maximum Gasteiger partial charge on any atom is 0.454 e. The number of rotatable bonds is 2. The SMILES string of the molecule is CSC1CCC(B(O)O)CC1. The molecule has 0 aliphatic heterocycles. The third-order valence-corrected chi connectivity index (χ3v) is 3.61. The minimum atomic E-state index is -1.09. The van der Waals surface area contributed by atoms with E-state index in [0.29, 0.717) is 0 Å². The number of thioether (sulfide) groups is 1. The minimum Gasteiger partial charge on any atom is -0.427 e. The lowest BCUT2D eigenvalue weighted by molar-refractivity contribution is 0.354. The van der Waals surface area contributed by atoms with Gasteiger partial charge in [0.2, 0.25) is 0 Å². The van der Waals surface area contributed by atoms with E-state index < -0.39 is 7.12 Å². The van der Waals surface area contributed by atoms with E-state index in [4.69, 9.17) is 10.0 Å². The van der Waals surface area contributed by atoms with Gasteiger partial charge in [-0.2, -0.15) is 11.8 Å². The number of hydrogen-bond acceptors (Lipinski definition) is 3. The van der Waals surface area contributed by atoms with Crippen LogP contribution >= 0.6 is 11.8 Å². The summed E-state index contributed by atoms with van der Waals surface area (Å²) in [5, 5.41) is 18.5. The van der Waals surface area contributed by atoms with Crippen molar-refractivity contribution < 1.29 is 10.0 Å². The van der Waals surface area contributed by atoms with Crippen LogP contribution in [-0.4, -0.2) is 28.7 Å². The molecule has 0 bridgehead atoms. The molecule has 0 saturated heterocycles. The van der Waals surface area contributed by atoms with Crippen LogP contribution in [0.5, 0.6) is 0 Å². The second kappa shape index (κ2) is 4.38. The van der Waals surface area contributed by atoms with E-state index in [1.54, 1.807) is 0 Å². The predicted molar refractivity (Wildman–Crippen MR) is 49.7 cm³/mol. The Hall–Kier alpha value is 0.335. The van der Waals surface area contributed by atoms with Gasteiger partial charge in [0.25, 0.3) is 0 Å². The van der Waals surface area contributed by atoms with Crippen molar-refractivity contribution in [1.82, 2.24) is 0 Å². The highest BCUT2D eigenvalue weighted by Gasteiger charge is 2.28. The standard InChI is InChI=1S/C7H15BO2S/c1-11-7-4-2-6(3-5-7)8(9)10/h6-7,9-10H,2-5H2,1H3. The van der Waals surface area contributed by atoms with Crippen LogP contribution in [0, 0.1) is 0 Å². The molecule has 1 saturated carbocycles. The van der Waals surface area contributed by atoms with Crippen molar-refractivity contribution in [2.75, 3.05) is 6.26 Å². The molecular formula is C7H15BO2S. The fraction of sp³-hybridized carbons (Fsp3) is 1.00. The predicted octanol–water partition coefficient (Wildman–Crippen LogP) is 1.14. The first kappa shape index (κ1) is 9.42. The van der Waals surface area contributed by atoms with E-state index in [9.17, 15) is 0 Å². The lowest BCUT2D eigenvalue weighted by Crippen LogP contribution is -2.25. The fourth-order valence-corrected chi connectivity index (χ4v) is 2.37. The van der Waals surface area contributed by atoms with Gasteiger partial charge in [0.05, 0.1) is 0 Å². The molecule has 0 aromatic carbocycles. The minimum absolute atomic E-state index is 0.137. The zero-order chi connectivity index (χ0) is 8.27. The van der Waals surface area contributed by atoms with Crippen molar-refractivity contribution in [1.29, 1.82) is 0 Å². The summed E-state index contributed by atoms with van der Waals surface area (Å²) in [6.45, 7) is 0. The van der Waals surface area contributed by atoms with Gasteiger partial charge in [0.1, 0.15) is 0 Å². The summed E-state index contributed by atoms with van der Waals surface area (Å²) < 4.78 is 0. The first-order chi connectivity index (χ1) is 5.24. The highest BCUT2D eigenvalue weighted by atomic mass is 32.2. The first-order valence-corrected chi connectivity index (χ1v) is 5.41. The van der Waals surface area contributed by atoms with E-state index in [2.05, 4.69) is 6.26 Å². The monoisotopic (exact) mass is 174 g/mol. The third-order valence-electron chi connectivity index (χ3n) is 2.47.